The molecule has 0 spiro atoms. The molecule has 0 N–H and O–H groups in total. The lowest BCUT2D eigenvalue weighted by Crippen LogP contribution is -2.50. The molecule has 1 unspecified atom stereocenters. The van der Waals surface area contributed by atoms with Gasteiger partial charge in [-0.25, -0.2) is 9.80 Å². The van der Waals surface area contributed by atoms with Crippen molar-refractivity contribution in [2.24, 2.45) is 0 Å². The number of carbonyl (C=O) groups excluding carboxylic acids is 2. The van der Waals surface area contributed by atoms with Gasteiger partial charge in [-0.3, -0.25) is 4.84 Å². The summed E-state index contributed by atoms with van der Waals surface area (Å²) in [5, 5.41) is 2.66. The summed E-state index contributed by atoms with van der Waals surface area (Å²) in [4.78, 5) is 27.5. The van der Waals surface area contributed by atoms with E-state index in [4.69, 9.17) is 9.57 Å². The van der Waals surface area contributed by atoms with Gasteiger partial charge < -0.3 is 9.53 Å². The molecule has 0 heterocycles. The molecule has 0 bridgehead atoms. The number of ether oxygens (including phenoxy) is 1. The van der Waals surface area contributed by atoms with Gasteiger partial charge in [-0.15, -0.1) is 0 Å². The van der Waals surface area contributed by atoms with Crippen molar-refractivity contribution in [1.82, 2.24) is 10.2 Å². The Bertz CT molecular complexity index is 276. The van der Waals surface area contributed by atoms with Gasteiger partial charge in [0, 0.05) is 13.5 Å². The molecule has 0 aromatic rings. The van der Waals surface area contributed by atoms with E-state index in [0.29, 0.717) is 12.8 Å². The zero-order valence-electron chi connectivity index (χ0n) is 12.1. The molecule has 0 aliphatic rings. The van der Waals surface area contributed by atoms with E-state index >= 15 is 0 Å². The van der Waals surface area contributed by atoms with E-state index in [1.54, 1.807) is 27.8 Å². The van der Waals surface area contributed by atoms with E-state index in [1.165, 1.54) is 17.3 Å². The first-order chi connectivity index (χ1) is 8.22. The van der Waals surface area contributed by atoms with Gasteiger partial charge >= 0.3 is 6.09 Å². The van der Waals surface area contributed by atoms with Crippen molar-refractivity contribution in [3.05, 3.63) is 0 Å². The van der Waals surface area contributed by atoms with Crippen LogP contribution < -0.4 is 0 Å². The average Bonchev–Trinajstić information content (AvgIpc) is 2.23. The zero-order chi connectivity index (χ0) is 14.3. The van der Waals surface area contributed by atoms with Gasteiger partial charge in [0.05, 0.1) is 13.2 Å². The van der Waals surface area contributed by atoms with Crippen molar-refractivity contribution in [3.63, 3.8) is 0 Å². The highest BCUT2D eigenvalue weighted by molar-refractivity contribution is 5.67. The summed E-state index contributed by atoms with van der Waals surface area (Å²) in [6.45, 7) is 7.23. The first-order valence-electron chi connectivity index (χ1n) is 5.96. The van der Waals surface area contributed by atoms with Crippen molar-refractivity contribution < 1.29 is 19.2 Å². The fourth-order valence-corrected chi connectivity index (χ4v) is 1.40. The van der Waals surface area contributed by atoms with Crippen molar-refractivity contribution in [2.75, 3.05) is 14.2 Å². The highest BCUT2D eigenvalue weighted by Crippen LogP contribution is 2.15. The van der Waals surface area contributed by atoms with Crippen LogP contribution in [-0.2, 0) is 14.4 Å². The van der Waals surface area contributed by atoms with Crippen molar-refractivity contribution in [3.8, 4) is 0 Å². The van der Waals surface area contributed by atoms with E-state index in [-0.39, 0.29) is 6.04 Å². The lowest BCUT2D eigenvalue weighted by Gasteiger charge is -2.35. The Labute approximate surface area is 109 Å². The Morgan fingerprint density at radius 1 is 1.39 bits per heavy atom. The lowest BCUT2D eigenvalue weighted by molar-refractivity contribution is -0.248. The standard InChI is InChI=1S/C12H24N2O4/c1-10(8-7-9-15)14(13(5)17-6)11(16)18-12(2,3)4/h9-10H,7-8H2,1-6H3. The minimum atomic E-state index is -0.575. The topological polar surface area (TPSA) is 59.1 Å². The Balaban J connectivity index is 4.76. The molecule has 0 fully saturated rings. The summed E-state index contributed by atoms with van der Waals surface area (Å²) >= 11 is 0. The number of carbonyl (C=O) groups is 2. The second-order valence-electron chi connectivity index (χ2n) is 5.06. The van der Waals surface area contributed by atoms with Crippen LogP contribution in [0.2, 0.25) is 0 Å². The van der Waals surface area contributed by atoms with E-state index < -0.39 is 11.7 Å². The maximum Gasteiger partial charge on any atom is 0.427 e. The molecular formula is C12H24N2O4. The Hall–Kier alpha value is -1.14. The van der Waals surface area contributed by atoms with Crippen LogP contribution in [0, 0.1) is 0 Å². The van der Waals surface area contributed by atoms with Gasteiger partial charge in [0.1, 0.15) is 11.9 Å². The Morgan fingerprint density at radius 2 is 1.94 bits per heavy atom. The van der Waals surface area contributed by atoms with Crippen LogP contribution in [0.4, 0.5) is 4.79 Å². The van der Waals surface area contributed by atoms with E-state index in [2.05, 4.69) is 0 Å². The molecule has 0 aromatic carbocycles. The summed E-state index contributed by atoms with van der Waals surface area (Å²) in [5.41, 5.74) is -0.575. The largest absolute Gasteiger partial charge is 0.443 e. The van der Waals surface area contributed by atoms with Crippen LogP contribution in [0.25, 0.3) is 0 Å². The van der Waals surface area contributed by atoms with Gasteiger partial charge in [-0.2, -0.15) is 0 Å². The number of hydroxylamine groups is 1. The SMILES string of the molecule is CON(C)N(C(=O)OC(C)(C)C)C(C)CCC=O. The highest BCUT2D eigenvalue weighted by Gasteiger charge is 2.29. The fourth-order valence-electron chi connectivity index (χ4n) is 1.40. The third-order valence-electron chi connectivity index (χ3n) is 2.27. The van der Waals surface area contributed by atoms with E-state index in [0.717, 1.165) is 6.29 Å². The van der Waals surface area contributed by atoms with Crippen LogP contribution in [-0.4, -0.2) is 48.4 Å². The molecule has 0 radical (unpaired) electrons. The molecule has 6 nitrogen and oxygen atoms in total. The quantitative estimate of drug-likeness (QED) is 0.540. The number of hydrogen-bond acceptors (Lipinski definition) is 5. The molecule has 0 aliphatic heterocycles. The van der Waals surface area contributed by atoms with Gasteiger partial charge in [-0.1, -0.05) is 5.17 Å². The van der Waals surface area contributed by atoms with Crippen LogP contribution >= 0.6 is 0 Å². The number of rotatable bonds is 6. The minimum absolute atomic E-state index is 0.185. The zero-order valence-corrected chi connectivity index (χ0v) is 12.1. The first kappa shape index (κ1) is 16.9. The molecule has 1 amide bonds. The fraction of sp³-hybridized carbons (Fsp3) is 0.833. The second-order valence-corrected chi connectivity index (χ2v) is 5.06. The van der Waals surface area contributed by atoms with Crippen LogP contribution in [0.1, 0.15) is 40.5 Å². The normalized spacial score (nSPS) is 13.3. The molecule has 106 valence electrons. The van der Waals surface area contributed by atoms with Crippen LogP contribution in [0.3, 0.4) is 0 Å². The summed E-state index contributed by atoms with van der Waals surface area (Å²) in [5.74, 6) is 0. The van der Waals surface area contributed by atoms with Crippen molar-refractivity contribution in [2.45, 2.75) is 52.2 Å². The van der Waals surface area contributed by atoms with Gasteiger partial charge in [0.25, 0.3) is 0 Å². The second kappa shape index (κ2) is 7.33. The molecule has 0 aliphatic carbocycles. The van der Waals surface area contributed by atoms with E-state index in [1.807, 2.05) is 6.92 Å². The highest BCUT2D eigenvalue weighted by atomic mass is 16.7. The van der Waals surface area contributed by atoms with Gasteiger partial charge in [0.15, 0.2) is 0 Å². The van der Waals surface area contributed by atoms with Crippen molar-refractivity contribution >= 4 is 12.4 Å². The number of nitrogens with zero attached hydrogens (tertiary/aromatic N) is 2. The van der Waals surface area contributed by atoms with Gasteiger partial charge in [0.2, 0.25) is 0 Å². The van der Waals surface area contributed by atoms with Gasteiger partial charge in [-0.05, 0) is 34.1 Å². The molecule has 0 saturated carbocycles. The summed E-state index contributed by atoms with van der Waals surface area (Å²) < 4.78 is 5.30. The number of amides is 1. The molecule has 0 saturated heterocycles. The summed E-state index contributed by atoms with van der Waals surface area (Å²) in [6, 6.07) is -0.185. The Kier molecular flexibility index (Phi) is 6.86. The predicted molar refractivity (Wildman–Crippen MR) is 67.6 cm³/mol. The third kappa shape index (κ3) is 5.97. The molecule has 18 heavy (non-hydrogen) atoms. The smallest absolute Gasteiger partial charge is 0.427 e. The lowest BCUT2D eigenvalue weighted by atomic mass is 10.2. The monoisotopic (exact) mass is 260 g/mol. The Morgan fingerprint density at radius 3 is 2.33 bits per heavy atom. The minimum Gasteiger partial charge on any atom is -0.443 e. The molecular weight excluding hydrogens is 236 g/mol. The molecule has 0 aromatic heterocycles. The summed E-state index contributed by atoms with van der Waals surface area (Å²) in [7, 11) is 3.07. The first-order valence-corrected chi connectivity index (χ1v) is 5.96. The number of aldehydes is 1. The molecule has 1 atom stereocenters. The van der Waals surface area contributed by atoms with Crippen LogP contribution in [0.5, 0.6) is 0 Å². The van der Waals surface area contributed by atoms with Crippen LogP contribution in [0.15, 0.2) is 0 Å². The number of hydrogen-bond donors (Lipinski definition) is 0. The molecule has 0 rings (SSSR count). The average molecular weight is 260 g/mol. The number of hydrazine groups is 1. The molecule has 6 heteroatoms. The summed E-state index contributed by atoms with van der Waals surface area (Å²) in [6.07, 6.45) is 1.27. The van der Waals surface area contributed by atoms with E-state index in [9.17, 15) is 9.59 Å². The van der Waals surface area contributed by atoms with Crippen molar-refractivity contribution in [1.29, 1.82) is 0 Å². The predicted octanol–water partition coefficient (Wildman–Crippen LogP) is 2.00. The third-order valence-corrected chi connectivity index (χ3v) is 2.27. The maximum atomic E-state index is 12.1. The maximum absolute atomic E-state index is 12.1.